The van der Waals surface area contributed by atoms with E-state index in [-0.39, 0.29) is 17.2 Å². The van der Waals surface area contributed by atoms with Gasteiger partial charge in [0.2, 0.25) is 0 Å². The average Bonchev–Trinajstić information content (AvgIpc) is 2.50. The molecule has 1 atom stereocenters. The van der Waals surface area contributed by atoms with E-state index in [1.54, 1.807) is 30.3 Å². The third kappa shape index (κ3) is 2.94. The Balaban J connectivity index is 2.02. The molecule has 1 aliphatic heterocycles. The van der Waals surface area contributed by atoms with Gasteiger partial charge in [0, 0.05) is 18.3 Å². The van der Waals surface area contributed by atoms with Gasteiger partial charge < -0.3 is 15.0 Å². The smallest absolute Gasteiger partial charge is 0.405 e. The number of hydrogen-bond donors (Lipinski definition) is 1. The lowest BCUT2D eigenvalue weighted by atomic mass is 10.0. The van der Waals surface area contributed by atoms with E-state index in [0.717, 1.165) is 0 Å². The first kappa shape index (κ1) is 15.2. The van der Waals surface area contributed by atoms with Crippen LogP contribution >= 0.6 is 0 Å². The largest absolute Gasteiger partial charge is 0.573 e. The van der Waals surface area contributed by atoms with E-state index < -0.39 is 12.5 Å². The molecule has 0 aliphatic carbocycles. The predicted molar refractivity (Wildman–Crippen MR) is 78.0 cm³/mol. The second-order valence-electron chi connectivity index (χ2n) is 5.09. The molecule has 0 spiro atoms. The number of hydrogen-bond acceptors (Lipinski definition) is 3. The van der Waals surface area contributed by atoms with Gasteiger partial charge in [-0.2, -0.15) is 0 Å². The SMILES string of the molecule is CN1C(=O)c2ccccc2N[C@@H]1c1ccccc1OC(F)(F)F. The van der Waals surface area contributed by atoms with Crippen molar-refractivity contribution in [2.75, 3.05) is 12.4 Å². The van der Waals surface area contributed by atoms with Crippen molar-refractivity contribution in [2.24, 2.45) is 0 Å². The van der Waals surface area contributed by atoms with Crippen LogP contribution in [0.3, 0.4) is 0 Å². The molecule has 4 nitrogen and oxygen atoms in total. The van der Waals surface area contributed by atoms with Gasteiger partial charge in [0.05, 0.1) is 5.56 Å². The number of nitrogens with one attached hydrogen (secondary N) is 1. The van der Waals surface area contributed by atoms with Gasteiger partial charge in [0.15, 0.2) is 0 Å². The fourth-order valence-electron chi connectivity index (χ4n) is 2.56. The molecule has 0 aromatic heterocycles. The molecule has 0 fully saturated rings. The van der Waals surface area contributed by atoms with Crippen LogP contribution in [0.2, 0.25) is 0 Å². The molecule has 2 aromatic carbocycles. The lowest BCUT2D eigenvalue weighted by Gasteiger charge is -2.36. The Hall–Kier alpha value is -2.70. The van der Waals surface area contributed by atoms with Crippen molar-refractivity contribution in [3.63, 3.8) is 0 Å². The molecule has 1 N–H and O–H groups in total. The van der Waals surface area contributed by atoms with Gasteiger partial charge in [0.25, 0.3) is 5.91 Å². The Morgan fingerprint density at radius 1 is 1.09 bits per heavy atom. The number of anilines is 1. The normalized spacial score (nSPS) is 17.5. The molecule has 3 rings (SSSR count). The van der Waals surface area contributed by atoms with Crippen molar-refractivity contribution >= 4 is 11.6 Å². The number of ether oxygens (including phenoxy) is 1. The van der Waals surface area contributed by atoms with E-state index in [1.165, 1.54) is 30.1 Å². The molecule has 1 heterocycles. The highest BCUT2D eigenvalue weighted by molar-refractivity contribution is 6.01. The van der Waals surface area contributed by atoms with Crippen LogP contribution in [-0.2, 0) is 0 Å². The van der Waals surface area contributed by atoms with Crippen LogP contribution in [-0.4, -0.2) is 24.2 Å². The van der Waals surface area contributed by atoms with Crippen LogP contribution in [0.5, 0.6) is 5.75 Å². The molecule has 0 bridgehead atoms. The van der Waals surface area contributed by atoms with E-state index in [4.69, 9.17) is 0 Å². The third-order valence-corrected chi connectivity index (χ3v) is 3.60. The summed E-state index contributed by atoms with van der Waals surface area (Å²) in [7, 11) is 1.53. The third-order valence-electron chi connectivity index (χ3n) is 3.60. The Morgan fingerprint density at radius 3 is 2.48 bits per heavy atom. The van der Waals surface area contributed by atoms with Crippen molar-refractivity contribution in [2.45, 2.75) is 12.5 Å². The van der Waals surface area contributed by atoms with Gasteiger partial charge in [0.1, 0.15) is 11.9 Å². The molecule has 1 amide bonds. The zero-order chi connectivity index (χ0) is 16.6. The summed E-state index contributed by atoms with van der Waals surface area (Å²) >= 11 is 0. The van der Waals surface area contributed by atoms with Gasteiger partial charge >= 0.3 is 6.36 Å². The first-order valence-electron chi connectivity index (χ1n) is 6.84. The van der Waals surface area contributed by atoms with Crippen molar-refractivity contribution in [1.29, 1.82) is 0 Å². The highest BCUT2D eigenvalue weighted by Crippen LogP contribution is 2.37. The molecule has 0 radical (unpaired) electrons. The zero-order valence-electron chi connectivity index (χ0n) is 12.1. The molecular formula is C16H13F3N2O2. The van der Waals surface area contributed by atoms with Crippen LogP contribution in [0.4, 0.5) is 18.9 Å². The van der Waals surface area contributed by atoms with E-state index in [2.05, 4.69) is 10.1 Å². The lowest BCUT2D eigenvalue weighted by molar-refractivity contribution is -0.275. The first-order chi connectivity index (χ1) is 10.9. The Kier molecular flexibility index (Phi) is 3.63. The fourth-order valence-corrected chi connectivity index (χ4v) is 2.56. The van der Waals surface area contributed by atoms with Crippen LogP contribution < -0.4 is 10.1 Å². The number of benzene rings is 2. The second kappa shape index (κ2) is 5.49. The van der Waals surface area contributed by atoms with Crippen LogP contribution in [0.25, 0.3) is 0 Å². The average molecular weight is 322 g/mol. The van der Waals surface area contributed by atoms with E-state index in [0.29, 0.717) is 11.3 Å². The van der Waals surface area contributed by atoms with Crippen LogP contribution in [0.1, 0.15) is 22.1 Å². The fraction of sp³-hybridized carbons (Fsp3) is 0.188. The molecule has 120 valence electrons. The monoisotopic (exact) mass is 322 g/mol. The Bertz CT molecular complexity index is 746. The minimum atomic E-state index is -4.80. The molecule has 0 unspecified atom stereocenters. The van der Waals surface area contributed by atoms with Crippen LogP contribution in [0, 0.1) is 0 Å². The van der Waals surface area contributed by atoms with E-state index in [1.807, 2.05) is 0 Å². The van der Waals surface area contributed by atoms with Gasteiger partial charge in [-0.1, -0.05) is 30.3 Å². The number of para-hydroxylation sites is 2. The van der Waals surface area contributed by atoms with Gasteiger partial charge in [-0.25, -0.2) is 0 Å². The number of halogens is 3. The molecule has 2 aromatic rings. The summed E-state index contributed by atoms with van der Waals surface area (Å²) in [5.74, 6) is -0.609. The van der Waals surface area contributed by atoms with Crippen molar-refractivity contribution < 1.29 is 22.7 Å². The number of carbonyl (C=O) groups is 1. The summed E-state index contributed by atoms with van der Waals surface area (Å²) in [5.41, 5.74) is 1.28. The standard InChI is InChI=1S/C16H13F3N2O2/c1-21-14(20-12-8-4-2-6-10(12)15(21)22)11-7-3-5-9-13(11)23-16(17,18)19/h2-9,14,20H,1H3/t14-/m0/s1. The number of alkyl halides is 3. The number of nitrogens with zero attached hydrogens (tertiary/aromatic N) is 1. The van der Waals surface area contributed by atoms with Gasteiger partial charge in [-0.05, 0) is 18.2 Å². The minimum absolute atomic E-state index is 0.232. The first-order valence-corrected chi connectivity index (χ1v) is 6.84. The van der Waals surface area contributed by atoms with E-state index in [9.17, 15) is 18.0 Å². The summed E-state index contributed by atoms with van der Waals surface area (Å²) < 4.78 is 41.8. The Morgan fingerprint density at radius 2 is 1.74 bits per heavy atom. The van der Waals surface area contributed by atoms with Crippen LogP contribution in [0.15, 0.2) is 48.5 Å². The van der Waals surface area contributed by atoms with E-state index >= 15 is 0 Å². The minimum Gasteiger partial charge on any atom is -0.405 e. The second-order valence-corrected chi connectivity index (χ2v) is 5.09. The van der Waals surface area contributed by atoms with Crippen molar-refractivity contribution in [3.05, 3.63) is 59.7 Å². The zero-order valence-corrected chi connectivity index (χ0v) is 12.1. The maximum Gasteiger partial charge on any atom is 0.573 e. The Labute approximate surface area is 130 Å². The maximum absolute atomic E-state index is 12.6. The summed E-state index contributed by atoms with van der Waals surface area (Å²) in [5, 5.41) is 3.08. The van der Waals surface area contributed by atoms with Gasteiger partial charge in [-0.3, -0.25) is 4.79 Å². The quantitative estimate of drug-likeness (QED) is 0.915. The molecule has 23 heavy (non-hydrogen) atoms. The molecule has 1 aliphatic rings. The lowest BCUT2D eigenvalue weighted by Crippen LogP contribution is -2.40. The van der Waals surface area contributed by atoms with Crippen molar-refractivity contribution in [3.8, 4) is 5.75 Å². The number of fused-ring (bicyclic) bond motifs is 1. The summed E-state index contributed by atoms with van der Waals surface area (Å²) in [6.45, 7) is 0. The summed E-state index contributed by atoms with van der Waals surface area (Å²) in [6.07, 6.45) is -5.55. The summed E-state index contributed by atoms with van der Waals surface area (Å²) in [4.78, 5) is 13.8. The number of rotatable bonds is 2. The van der Waals surface area contributed by atoms with Gasteiger partial charge in [-0.15, -0.1) is 13.2 Å². The molecule has 0 saturated carbocycles. The molecular weight excluding hydrogens is 309 g/mol. The maximum atomic E-state index is 12.6. The highest BCUT2D eigenvalue weighted by Gasteiger charge is 2.36. The number of carbonyl (C=O) groups excluding carboxylic acids is 1. The molecule has 0 saturated heterocycles. The predicted octanol–water partition coefficient (Wildman–Crippen LogP) is 3.78. The number of amides is 1. The highest BCUT2D eigenvalue weighted by atomic mass is 19.4. The topological polar surface area (TPSA) is 41.6 Å². The van der Waals surface area contributed by atoms with Crippen molar-refractivity contribution in [1.82, 2.24) is 4.90 Å². The molecule has 7 heteroatoms. The summed E-state index contributed by atoms with van der Waals surface area (Å²) in [6, 6.07) is 12.6.